The Morgan fingerprint density at radius 2 is 1.85 bits per heavy atom. The fourth-order valence-electron chi connectivity index (χ4n) is 4.97. The number of urea groups is 1. The summed E-state index contributed by atoms with van der Waals surface area (Å²) < 4.78 is 22.8. The minimum atomic E-state index is -0.683. The molecule has 10 heteroatoms. The second-order valence-electron chi connectivity index (χ2n) is 9.07. The van der Waals surface area contributed by atoms with Gasteiger partial charge in [-0.3, -0.25) is 19.5 Å². The first-order valence-electron chi connectivity index (χ1n) is 11.7. The van der Waals surface area contributed by atoms with E-state index in [4.69, 9.17) is 9.73 Å². The summed E-state index contributed by atoms with van der Waals surface area (Å²) in [6.45, 7) is 9.33. The number of rotatable bonds is 6. The van der Waals surface area contributed by atoms with E-state index in [9.17, 15) is 14.0 Å². The van der Waals surface area contributed by atoms with Crippen molar-refractivity contribution in [3.05, 3.63) is 47.0 Å². The van der Waals surface area contributed by atoms with E-state index in [1.165, 1.54) is 21.9 Å². The average Bonchev–Trinajstić information content (AvgIpc) is 3.34. The molecule has 1 unspecified atom stereocenters. The molecular formula is C24H30FN6O3+. The summed E-state index contributed by atoms with van der Waals surface area (Å²) in [6, 6.07) is 4.73. The SMILES string of the molecule is Cc1c(C)[n+](CCCN2CCOCC2)c2n1C1C(=O)N(Cc3ccc(F)cc3)C(=O)N(C)C1=N2. The second kappa shape index (κ2) is 8.92. The van der Waals surface area contributed by atoms with Crippen molar-refractivity contribution in [3.8, 4) is 0 Å². The van der Waals surface area contributed by atoms with Crippen molar-refractivity contribution in [3.63, 3.8) is 0 Å². The molecule has 0 N–H and O–H groups in total. The second-order valence-corrected chi connectivity index (χ2v) is 9.07. The van der Waals surface area contributed by atoms with Crippen LogP contribution in [0.4, 0.5) is 15.1 Å². The van der Waals surface area contributed by atoms with Gasteiger partial charge in [-0.25, -0.2) is 18.3 Å². The fourth-order valence-corrected chi connectivity index (χ4v) is 4.97. The molecule has 1 aromatic heterocycles. The number of nitrogens with zero attached hydrogens (tertiary/aromatic N) is 6. The van der Waals surface area contributed by atoms with Crippen molar-refractivity contribution in [2.24, 2.45) is 4.99 Å². The van der Waals surface area contributed by atoms with E-state index >= 15 is 0 Å². The quantitative estimate of drug-likeness (QED) is 0.606. The maximum Gasteiger partial charge on any atom is 0.402 e. The predicted molar refractivity (Wildman–Crippen MR) is 122 cm³/mol. The van der Waals surface area contributed by atoms with Gasteiger partial charge in [0.1, 0.15) is 17.2 Å². The Morgan fingerprint density at radius 3 is 2.56 bits per heavy atom. The molecule has 180 valence electrons. The number of amides is 3. The molecule has 1 atom stereocenters. The minimum Gasteiger partial charge on any atom is -0.379 e. The smallest absolute Gasteiger partial charge is 0.379 e. The number of carbonyl (C=O) groups is 2. The summed E-state index contributed by atoms with van der Waals surface area (Å²) in [6.07, 6.45) is 0.955. The highest BCUT2D eigenvalue weighted by Gasteiger charge is 2.54. The number of halogens is 1. The van der Waals surface area contributed by atoms with E-state index in [0.29, 0.717) is 17.3 Å². The Balaban J connectivity index is 1.40. The van der Waals surface area contributed by atoms with Crippen LogP contribution in [0.15, 0.2) is 29.3 Å². The number of hydrogen-bond acceptors (Lipinski definition) is 5. The number of aliphatic imine (C=N–C) groups is 1. The van der Waals surface area contributed by atoms with Gasteiger partial charge in [0.05, 0.1) is 26.3 Å². The Labute approximate surface area is 198 Å². The van der Waals surface area contributed by atoms with Gasteiger partial charge in [-0.1, -0.05) is 17.1 Å². The molecular weight excluding hydrogens is 439 g/mol. The lowest BCUT2D eigenvalue weighted by Gasteiger charge is -2.33. The maximum atomic E-state index is 13.6. The van der Waals surface area contributed by atoms with Crippen molar-refractivity contribution >= 4 is 23.7 Å². The van der Waals surface area contributed by atoms with Gasteiger partial charge in [0.25, 0.3) is 5.91 Å². The average molecular weight is 470 g/mol. The first-order chi connectivity index (χ1) is 16.4. The van der Waals surface area contributed by atoms with Crippen LogP contribution >= 0.6 is 0 Å². The molecule has 34 heavy (non-hydrogen) atoms. The highest BCUT2D eigenvalue weighted by molar-refractivity contribution is 6.20. The third kappa shape index (κ3) is 3.80. The highest BCUT2D eigenvalue weighted by atomic mass is 19.1. The molecule has 0 bridgehead atoms. The first kappa shape index (κ1) is 22.7. The number of morpholine rings is 1. The zero-order valence-corrected chi connectivity index (χ0v) is 19.8. The summed E-state index contributed by atoms with van der Waals surface area (Å²) in [5.41, 5.74) is 2.72. The van der Waals surface area contributed by atoms with Crippen molar-refractivity contribution in [2.45, 2.75) is 39.4 Å². The molecule has 3 aliphatic rings. The molecule has 0 aliphatic carbocycles. The number of benzene rings is 1. The van der Waals surface area contributed by atoms with Crippen molar-refractivity contribution in [2.75, 3.05) is 39.9 Å². The summed E-state index contributed by atoms with van der Waals surface area (Å²) in [4.78, 5) is 36.5. The molecule has 0 spiro atoms. The van der Waals surface area contributed by atoms with E-state index in [0.717, 1.165) is 57.2 Å². The Hall–Kier alpha value is -3.11. The van der Waals surface area contributed by atoms with Crippen LogP contribution in [0.1, 0.15) is 29.4 Å². The minimum absolute atomic E-state index is 0.0836. The molecule has 3 amide bonds. The normalized spacial score (nSPS) is 20.6. The van der Waals surface area contributed by atoms with E-state index in [1.807, 2.05) is 18.4 Å². The molecule has 0 radical (unpaired) electrons. The molecule has 3 aliphatic heterocycles. The number of amidine groups is 1. The monoisotopic (exact) mass is 469 g/mol. The first-order valence-corrected chi connectivity index (χ1v) is 11.7. The number of hydrogen-bond donors (Lipinski definition) is 0. The van der Waals surface area contributed by atoms with Gasteiger partial charge >= 0.3 is 12.0 Å². The van der Waals surface area contributed by atoms with Crippen LogP contribution in [-0.2, 0) is 22.6 Å². The largest absolute Gasteiger partial charge is 0.402 e. The van der Waals surface area contributed by atoms with E-state index in [-0.39, 0.29) is 18.3 Å². The number of fused-ring (bicyclic) bond motifs is 3. The zero-order chi connectivity index (χ0) is 24.0. The van der Waals surface area contributed by atoms with Crippen LogP contribution in [0.25, 0.3) is 0 Å². The number of likely N-dealkylation sites (N-methyl/N-ethyl adjacent to an activating group) is 1. The van der Waals surface area contributed by atoms with Crippen molar-refractivity contribution in [1.29, 1.82) is 0 Å². The summed E-state index contributed by atoms with van der Waals surface area (Å²) >= 11 is 0. The Kier molecular flexibility index (Phi) is 5.95. The molecule has 0 saturated carbocycles. The Bertz CT molecular complexity index is 1150. The zero-order valence-electron chi connectivity index (χ0n) is 19.8. The van der Waals surface area contributed by atoms with E-state index in [1.54, 1.807) is 19.2 Å². The molecule has 5 rings (SSSR count). The number of imide groups is 1. The van der Waals surface area contributed by atoms with Crippen LogP contribution in [0.3, 0.4) is 0 Å². The van der Waals surface area contributed by atoms with Crippen LogP contribution in [0.2, 0.25) is 0 Å². The van der Waals surface area contributed by atoms with E-state index in [2.05, 4.69) is 9.47 Å². The number of aromatic nitrogens is 2. The lowest BCUT2D eigenvalue weighted by Crippen LogP contribution is -2.57. The molecule has 2 fully saturated rings. The third-order valence-corrected chi connectivity index (χ3v) is 7.04. The lowest BCUT2D eigenvalue weighted by molar-refractivity contribution is -0.689. The van der Waals surface area contributed by atoms with E-state index < -0.39 is 12.1 Å². The van der Waals surface area contributed by atoms with Gasteiger partial charge in [-0.15, -0.1) is 0 Å². The molecule has 1 aromatic carbocycles. The summed E-state index contributed by atoms with van der Waals surface area (Å²) in [5, 5.41) is 0. The lowest BCUT2D eigenvalue weighted by atomic mass is 10.1. The van der Waals surface area contributed by atoms with Crippen LogP contribution in [0, 0.1) is 19.7 Å². The fraction of sp³-hybridized carbons (Fsp3) is 0.500. The van der Waals surface area contributed by atoms with Gasteiger partial charge < -0.3 is 4.74 Å². The molecule has 4 heterocycles. The third-order valence-electron chi connectivity index (χ3n) is 7.04. The standard InChI is InChI=1S/C24H30FN6O3/c1-16-17(2)31-20-21(26-23(31)29(16)10-4-9-28-11-13-34-14-12-28)27(3)24(33)30(22(20)32)15-18-5-7-19(25)8-6-18/h5-8,20H,4,9-15H2,1-3H3/q+1. The number of ether oxygens (including phenoxy) is 1. The topological polar surface area (TPSA) is 74.3 Å². The van der Waals surface area contributed by atoms with Gasteiger partial charge in [-0.05, 0) is 38.0 Å². The van der Waals surface area contributed by atoms with Crippen molar-refractivity contribution < 1.29 is 23.3 Å². The Morgan fingerprint density at radius 1 is 1.15 bits per heavy atom. The van der Waals surface area contributed by atoms with Crippen LogP contribution < -0.4 is 4.57 Å². The number of carbonyl (C=O) groups excluding carboxylic acids is 2. The van der Waals surface area contributed by atoms with Gasteiger partial charge in [0.15, 0.2) is 0 Å². The van der Waals surface area contributed by atoms with Crippen LogP contribution in [-0.4, -0.2) is 76.9 Å². The van der Waals surface area contributed by atoms with Crippen LogP contribution in [0.5, 0.6) is 0 Å². The molecule has 2 saturated heterocycles. The number of imidazole rings is 1. The van der Waals surface area contributed by atoms with Gasteiger partial charge in [-0.2, -0.15) is 0 Å². The maximum absolute atomic E-state index is 13.6. The molecule has 9 nitrogen and oxygen atoms in total. The van der Waals surface area contributed by atoms with Crippen molar-refractivity contribution in [1.82, 2.24) is 19.3 Å². The molecule has 2 aromatic rings. The summed E-state index contributed by atoms with van der Waals surface area (Å²) in [7, 11) is 1.65. The van der Waals surface area contributed by atoms with Gasteiger partial charge in [0.2, 0.25) is 11.9 Å². The predicted octanol–water partition coefficient (Wildman–Crippen LogP) is 1.93. The highest BCUT2D eigenvalue weighted by Crippen LogP contribution is 2.35. The summed E-state index contributed by atoms with van der Waals surface area (Å²) in [5.74, 6) is 0.478. The van der Waals surface area contributed by atoms with Gasteiger partial charge in [0, 0.05) is 26.7 Å².